The van der Waals surface area contributed by atoms with Gasteiger partial charge in [-0.15, -0.1) is 0 Å². The molecule has 2 aromatic heterocycles. The van der Waals surface area contributed by atoms with E-state index < -0.39 is 12.0 Å². The van der Waals surface area contributed by atoms with Crippen LogP contribution in [0.15, 0.2) is 55.8 Å². The first-order chi connectivity index (χ1) is 15.9. The number of hydrogen-bond donors (Lipinski definition) is 0. The molecule has 1 atom stereocenters. The highest BCUT2D eigenvalue weighted by Crippen LogP contribution is 2.37. The van der Waals surface area contributed by atoms with E-state index in [1.807, 2.05) is 13.0 Å². The Hall–Kier alpha value is -3.59. The fourth-order valence-electron chi connectivity index (χ4n) is 3.80. The van der Waals surface area contributed by atoms with Crippen molar-refractivity contribution in [3.8, 4) is 11.5 Å². The van der Waals surface area contributed by atoms with E-state index in [1.165, 1.54) is 23.0 Å². The molecule has 0 N–H and O–H groups in total. The minimum atomic E-state index is -0.800. The maximum Gasteiger partial charge on any atom is 0.338 e. The molecule has 1 aromatic carbocycles. The van der Waals surface area contributed by atoms with Crippen LogP contribution in [0.4, 0.5) is 0 Å². The van der Waals surface area contributed by atoms with Crippen molar-refractivity contribution in [2.24, 2.45) is 4.99 Å². The van der Waals surface area contributed by atoms with Gasteiger partial charge < -0.3 is 18.6 Å². The van der Waals surface area contributed by atoms with E-state index in [0.717, 1.165) is 5.76 Å². The molecule has 0 amide bonds. The average molecular weight is 469 g/mol. The van der Waals surface area contributed by atoms with Gasteiger partial charge in [0, 0.05) is 11.6 Å². The fraction of sp³-hybridized carbons (Fsp3) is 0.292. The Kier molecular flexibility index (Phi) is 6.24. The standard InChI is InChI=1S/C24H24N2O6S/c1-6-31-23(28)20-14(3)25-24-26(21(20)17-11-15(29-4)9-10-18(17)30-5)22(27)19(33-24)12-16-8-7-13(2)32-16/h7-12,21H,6H2,1-5H3/b19-12-/t21-/m0/s1. The molecule has 0 saturated heterocycles. The van der Waals surface area contributed by atoms with Gasteiger partial charge >= 0.3 is 5.97 Å². The second-order valence-electron chi connectivity index (χ2n) is 7.36. The Morgan fingerprint density at radius 2 is 2.00 bits per heavy atom. The highest BCUT2D eigenvalue weighted by atomic mass is 32.1. The van der Waals surface area contributed by atoms with Gasteiger partial charge in [0.1, 0.15) is 29.1 Å². The molecule has 4 rings (SSSR count). The molecule has 33 heavy (non-hydrogen) atoms. The van der Waals surface area contributed by atoms with E-state index in [2.05, 4.69) is 4.99 Å². The molecule has 9 heteroatoms. The number of aryl methyl sites for hydroxylation is 1. The number of nitrogens with zero attached hydrogens (tertiary/aromatic N) is 2. The van der Waals surface area contributed by atoms with Gasteiger partial charge in [0.25, 0.3) is 5.56 Å². The summed E-state index contributed by atoms with van der Waals surface area (Å²) in [6, 6.07) is 8.08. The molecule has 3 heterocycles. The molecule has 1 aliphatic heterocycles. The zero-order chi connectivity index (χ0) is 23.7. The number of carbonyl (C=O) groups is 1. The molecule has 0 unspecified atom stereocenters. The Bertz CT molecular complexity index is 1430. The molecule has 0 fully saturated rings. The lowest BCUT2D eigenvalue weighted by molar-refractivity contribution is -0.139. The fourth-order valence-corrected chi connectivity index (χ4v) is 4.83. The number of carbonyl (C=O) groups excluding carboxylic acids is 1. The van der Waals surface area contributed by atoms with Crippen LogP contribution in [0.2, 0.25) is 0 Å². The number of rotatable bonds is 6. The van der Waals surface area contributed by atoms with E-state index in [1.54, 1.807) is 51.3 Å². The summed E-state index contributed by atoms with van der Waals surface area (Å²) in [7, 11) is 3.09. The SMILES string of the molecule is CCOC(=O)C1=C(C)N=c2s/c(=C\c3ccc(C)o3)c(=O)n2[C@H]1c1cc(OC)ccc1OC. The first kappa shape index (κ1) is 22.6. The van der Waals surface area contributed by atoms with Gasteiger partial charge in [-0.3, -0.25) is 9.36 Å². The summed E-state index contributed by atoms with van der Waals surface area (Å²) in [4.78, 5) is 31.6. The van der Waals surface area contributed by atoms with E-state index in [9.17, 15) is 9.59 Å². The van der Waals surface area contributed by atoms with E-state index >= 15 is 0 Å². The average Bonchev–Trinajstić information content (AvgIpc) is 3.34. The minimum absolute atomic E-state index is 0.194. The summed E-state index contributed by atoms with van der Waals surface area (Å²) >= 11 is 1.23. The van der Waals surface area contributed by atoms with Crippen LogP contribution in [0.3, 0.4) is 0 Å². The van der Waals surface area contributed by atoms with Crippen molar-refractivity contribution in [2.75, 3.05) is 20.8 Å². The smallest absolute Gasteiger partial charge is 0.338 e. The Labute approximate surface area is 194 Å². The number of thiazole rings is 1. The van der Waals surface area contributed by atoms with E-state index in [-0.39, 0.29) is 17.7 Å². The van der Waals surface area contributed by atoms with E-state index in [4.69, 9.17) is 18.6 Å². The number of aromatic nitrogens is 1. The molecule has 172 valence electrons. The number of hydrogen-bond acceptors (Lipinski definition) is 8. The van der Waals surface area contributed by atoms with Crippen LogP contribution in [-0.2, 0) is 9.53 Å². The molecular weight excluding hydrogens is 444 g/mol. The third-order valence-electron chi connectivity index (χ3n) is 5.28. The number of allylic oxidation sites excluding steroid dienone is 1. The third-order valence-corrected chi connectivity index (χ3v) is 6.27. The zero-order valence-electron chi connectivity index (χ0n) is 19.0. The number of methoxy groups -OCH3 is 2. The summed E-state index contributed by atoms with van der Waals surface area (Å²) in [5.41, 5.74) is 1.05. The number of ether oxygens (including phenoxy) is 3. The molecule has 0 bridgehead atoms. The quantitative estimate of drug-likeness (QED) is 0.517. The van der Waals surface area contributed by atoms with Gasteiger partial charge in [-0.1, -0.05) is 11.3 Å². The van der Waals surface area contributed by atoms with Gasteiger partial charge in [-0.2, -0.15) is 0 Å². The maximum atomic E-state index is 13.6. The number of furan rings is 1. The summed E-state index contributed by atoms with van der Waals surface area (Å²) in [6.07, 6.45) is 1.68. The minimum Gasteiger partial charge on any atom is -0.497 e. The van der Waals surface area contributed by atoms with Gasteiger partial charge in [-0.25, -0.2) is 9.79 Å². The van der Waals surface area contributed by atoms with Crippen LogP contribution < -0.4 is 24.4 Å². The molecule has 3 aromatic rings. The third kappa shape index (κ3) is 4.11. The van der Waals surface area contributed by atoms with Crippen LogP contribution in [0, 0.1) is 6.92 Å². The van der Waals surface area contributed by atoms with Gasteiger partial charge in [0.15, 0.2) is 4.80 Å². The van der Waals surface area contributed by atoms with Gasteiger partial charge in [0.05, 0.1) is 36.6 Å². The summed E-state index contributed by atoms with van der Waals surface area (Å²) in [5, 5.41) is 0. The van der Waals surface area contributed by atoms with Crippen LogP contribution >= 0.6 is 11.3 Å². The predicted molar refractivity (Wildman–Crippen MR) is 123 cm³/mol. The van der Waals surface area contributed by atoms with Crippen molar-refractivity contribution in [1.82, 2.24) is 4.57 Å². The van der Waals surface area contributed by atoms with Crippen molar-refractivity contribution in [2.45, 2.75) is 26.8 Å². The van der Waals surface area contributed by atoms with Gasteiger partial charge in [0.2, 0.25) is 0 Å². The largest absolute Gasteiger partial charge is 0.497 e. The molecule has 1 aliphatic rings. The highest BCUT2D eigenvalue weighted by molar-refractivity contribution is 7.07. The monoisotopic (exact) mass is 468 g/mol. The van der Waals surface area contributed by atoms with Crippen LogP contribution in [0.25, 0.3) is 6.08 Å². The van der Waals surface area contributed by atoms with Crippen molar-refractivity contribution in [3.63, 3.8) is 0 Å². The first-order valence-electron chi connectivity index (χ1n) is 10.4. The van der Waals surface area contributed by atoms with Crippen LogP contribution in [0.5, 0.6) is 11.5 Å². The second-order valence-corrected chi connectivity index (χ2v) is 8.37. The van der Waals surface area contributed by atoms with Crippen LogP contribution in [0.1, 0.15) is 37.0 Å². The lowest BCUT2D eigenvalue weighted by Crippen LogP contribution is -2.40. The maximum absolute atomic E-state index is 13.6. The molecule has 0 aliphatic carbocycles. The van der Waals surface area contributed by atoms with Crippen molar-refractivity contribution < 1.29 is 23.4 Å². The van der Waals surface area contributed by atoms with E-state index in [0.29, 0.717) is 37.9 Å². The molecule has 0 saturated carbocycles. The Balaban J connectivity index is 2.02. The Morgan fingerprint density at radius 1 is 1.21 bits per heavy atom. The Morgan fingerprint density at radius 3 is 2.64 bits per heavy atom. The van der Waals surface area contributed by atoms with Crippen molar-refractivity contribution >= 4 is 23.4 Å². The zero-order valence-corrected chi connectivity index (χ0v) is 19.8. The molecule has 0 spiro atoms. The van der Waals surface area contributed by atoms with Crippen molar-refractivity contribution in [3.05, 3.63) is 78.4 Å². The summed E-state index contributed by atoms with van der Waals surface area (Å²) in [6.45, 7) is 5.50. The lowest BCUT2D eigenvalue weighted by Gasteiger charge is -2.26. The van der Waals surface area contributed by atoms with Gasteiger partial charge in [-0.05, 0) is 51.1 Å². The van der Waals surface area contributed by atoms with Crippen molar-refractivity contribution in [1.29, 1.82) is 0 Å². The molecule has 8 nitrogen and oxygen atoms in total. The second kappa shape index (κ2) is 9.11. The number of benzene rings is 1. The number of esters is 1. The summed E-state index contributed by atoms with van der Waals surface area (Å²) < 4.78 is 23.9. The number of fused-ring (bicyclic) bond motifs is 1. The van der Waals surface area contributed by atoms with Crippen LogP contribution in [-0.4, -0.2) is 31.4 Å². The topological polar surface area (TPSA) is 92.3 Å². The lowest BCUT2D eigenvalue weighted by atomic mass is 9.95. The summed E-state index contributed by atoms with van der Waals surface area (Å²) in [5.74, 6) is 1.85. The molecule has 0 radical (unpaired) electrons. The predicted octanol–water partition coefficient (Wildman–Crippen LogP) is 2.72. The normalized spacial score (nSPS) is 15.8. The highest BCUT2D eigenvalue weighted by Gasteiger charge is 2.35. The first-order valence-corrected chi connectivity index (χ1v) is 11.2. The molecular formula is C24H24N2O6S.